The van der Waals surface area contributed by atoms with Crippen molar-refractivity contribution in [2.45, 2.75) is 6.92 Å². The predicted octanol–water partition coefficient (Wildman–Crippen LogP) is 2.67. The first-order chi connectivity index (χ1) is 14.3. The minimum Gasteiger partial charge on any atom is -0.494 e. The lowest BCUT2D eigenvalue weighted by Crippen LogP contribution is -2.54. The van der Waals surface area contributed by atoms with Crippen molar-refractivity contribution in [1.29, 1.82) is 0 Å². The zero-order valence-corrected chi connectivity index (χ0v) is 16.1. The van der Waals surface area contributed by atoms with Crippen LogP contribution in [0.4, 0.5) is 16.2 Å². The number of nitrogens with zero attached hydrogens (tertiary/aromatic N) is 2. The molecular formula is C20H17N3O7. The van der Waals surface area contributed by atoms with E-state index in [1.54, 1.807) is 12.1 Å². The molecule has 1 N–H and O–H groups in total. The van der Waals surface area contributed by atoms with Gasteiger partial charge in [0.2, 0.25) is 0 Å². The number of barbiturate groups is 1. The molecule has 154 valence electrons. The quantitative estimate of drug-likeness (QED) is 0.335. The van der Waals surface area contributed by atoms with Crippen LogP contribution in [0.15, 0.2) is 48.0 Å². The highest BCUT2D eigenvalue weighted by Crippen LogP contribution is 2.29. The maximum Gasteiger partial charge on any atom is 0.335 e. The van der Waals surface area contributed by atoms with Gasteiger partial charge in [-0.2, -0.15) is 0 Å². The molecule has 10 heteroatoms. The molecule has 0 unspecified atom stereocenters. The Balaban J connectivity index is 1.98. The zero-order chi connectivity index (χ0) is 21.8. The minimum absolute atomic E-state index is 0.0350. The van der Waals surface area contributed by atoms with Gasteiger partial charge in [-0.3, -0.25) is 25.0 Å². The Labute approximate surface area is 170 Å². The standard InChI is InChI=1S/C20H17N3O7/c1-3-30-14-7-5-13(6-8-14)22-19(25)15(18(24)21-20(22)26)10-12-4-9-17(29-2)16(11-12)23(27)28/h4-11H,3H2,1-2H3,(H,21,24,26)/b15-10+. The van der Waals surface area contributed by atoms with Crippen LogP contribution in [0.3, 0.4) is 0 Å². The smallest absolute Gasteiger partial charge is 0.335 e. The lowest BCUT2D eigenvalue weighted by atomic mass is 10.1. The third kappa shape index (κ3) is 3.97. The Hall–Kier alpha value is -4.21. The second-order valence-corrected chi connectivity index (χ2v) is 6.07. The highest BCUT2D eigenvalue weighted by Gasteiger charge is 2.37. The van der Waals surface area contributed by atoms with Gasteiger partial charge < -0.3 is 9.47 Å². The molecule has 0 aromatic heterocycles. The fourth-order valence-corrected chi connectivity index (χ4v) is 2.86. The van der Waals surface area contributed by atoms with Crippen molar-refractivity contribution in [3.63, 3.8) is 0 Å². The highest BCUT2D eigenvalue weighted by atomic mass is 16.6. The van der Waals surface area contributed by atoms with Crippen LogP contribution in [0.5, 0.6) is 11.5 Å². The number of rotatable bonds is 6. The third-order valence-corrected chi connectivity index (χ3v) is 4.22. The highest BCUT2D eigenvalue weighted by molar-refractivity contribution is 6.39. The molecule has 1 aliphatic rings. The Morgan fingerprint density at radius 1 is 1.13 bits per heavy atom. The summed E-state index contributed by atoms with van der Waals surface area (Å²) < 4.78 is 10.3. The molecule has 0 bridgehead atoms. The van der Waals surface area contributed by atoms with Gasteiger partial charge in [-0.1, -0.05) is 6.07 Å². The van der Waals surface area contributed by atoms with Crippen LogP contribution < -0.4 is 19.7 Å². The van der Waals surface area contributed by atoms with Crippen LogP contribution in [0.25, 0.3) is 6.08 Å². The minimum atomic E-state index is -0.898. The number of carbonyl (C=O) groups excluding carboxylic acids is 3. The van der Waals surface area contributed by atoms with E-state index in [4.69, 9.17) is 9.47 Å². The number of imide groups is 2. The Morgan fingerprint density at radius 3 is 2.43 bits per heavy atom. The first-order valence-electron chi connectivity index (χ1n) is 8.82. The number of amides is 4. The molecule has 2 aromatic rings. The van der Waals surface area contributed by atoms with E-state index in [1.165, 1.54) is 43.5 Å². The number of benzene rings is 2. The van der Waals surface area contributed by atoms with Crippen molar-refractivity contribution in [3.8, 4) is 11.5 Å². The van der Waals surface area contributed by atoms with Crippen LogP contribution in [0.1, 0.15) is 12.5 Å². The molecule has 0 aliphatic carbocycles. The molecule has 1 fully saturated rings. The number of nitro groups is 1. The molecule has 0 atom stereocenters. The average molecular weight is 411 g/mol. The van der Waals surface area contributed by atoms with Crippen molar-refractivity contribution < 1.29 is 28.8 Å². The first kappa shape index (κ1) is 20.5. The summed E-state index contributed by atoms with van der Waals surface area (Å²) >= 11 is 0. The van der Waals surface area contributed by atoms with Crippen molar-refractivity contribution >= 4 is 35.3 Å². The molecule has 1 saturated heterocycles. The number of urea groups is 1. The topological polar surface area (TPSA) is 128 Å². The molecule has 0 saturated carbocycles. The van der Waals surface area contributed by atoms with E-state index in [1.807, 2.05) is 6.92 Å². The number of anilines is 1. The molecule has 3 rings (SSSR count). The SMILES string of the molecule is CCOc1ccc(N2C(=O)NC(=O)/C(=C\c3ccc(OC)c([N+](=O)[O-])c3)C2=O)cc1. The predicted molar refractivity (Wildman–Crippen MR) is 106 cm³/mol. The molecule has 30 heavy (non-hydrogen) atoms. The van der Waals surface area contributed by atoms with E-state index < -0.39 is 22.8 Å². The van der Waals surface area contributed by atoms with Crippen molar-refractivity contribution in [3.05, 3.63) is 63.7 Å². The maximum atomic E-state index is 12.9. The normalized spacial score (nSPS) is 15.2. The van der Waals surface area contributed by atoms with Gasteiger partial charge in [0.1, 0.15) is 11.3 Å². The third-order valence-electron chi connectivity index (χ3n) is 4.22. The van der Waals surface area contributed by atoms with Crippen molar-refractivity contribution in [2.24, 2.45) is 0 Å². The lowest BCUT2D eigenvalue weighted by molar-refractivity contribution is -0.385. The summed E-state index contributed by atoms with van der Waals surface area (Å²) in [6.07, 6.45) is 1.18. The summed E-state index contributed by atoms with van der Waals surface area (Å²) in [4.78, 5) is 48.8. The van der Waals surface area contributed by atoms with Crippen LogP contribution in [-0.2, 0) is 9.59 Å². The molecule has 0 spiro atoms. The molecule has 10 nitrogen and oxygen atoms in total. The summed E-state index contributed by atoms with van der Waals surface area (Å²) in [5.74, 6) is -1.16. The molecule has 1 aliphatic heterocycles. The Kier molecular flexibility index (Phi) is 5.77. The fraction of sp³-hybridized carbons (Fsp3) is 0.150. The second kappa shape index (κ2) is 8.43. The van der Waals surface area contributed by atoms with Gasteiger partial charge in [0.05, 0.1) is 24.3 Å². The number of hydrogen-bond donors (Lipinski definition) is 1. The number of nitro benzene ring substituents is 1. The summed E-state index contributed by atoms with van der Waals surface area (Å²) in [6.45, 7) is 2.28. The maximum absolute atomic E-state index is 12.9. The van der Waals surface area contributed by atoms with E-state index in [0.717, 1.165) is 4.90 Å². The van der Waals surface area contributed by atoms with Gasteiger partial charge in [-0.15, -0.1) is 0 Å². The monoisotopic (exact) mass is 411 g/mol. The van der Waals surface area contributed by atoms with E-state index in [-0.39, 0.29) is 28.3 Å². The lowest BCUT2D eigenvalue weighted by Gasteiger charge is -2.26. The van der Waals surface area contributed by atoms with Crippen LogP contribution >= 0.6 is 0 Å². The van der Waals surface area contributed by atoms with E-state index in [0.29, 0.717) is 12.4 Å². The van der Waals surface area contributed by atoms with Gasteiger partial charge >= 0.3 is 11.7 Å². The molecular weight excluding hydrogens is 394 g/mol. The number of methoxy groups -OCH3 is 1. The van der Waals surface area contributed by atoms with Gasteiger partial charge in [-0.05, 0) is 48.9 Å². The largest absolute Gasteiger partial charge is 0.494 e. The molecule has 4 amide bonds. The Morgan fingerprint density at radius 2 is 1.83 bits per heavy atom. The summed E-state index contributed by atoms with van der Waals surface area (Å²) in [6, 6.07) is 9.28. The van der Waals surface area contributed by atoms with Crippen LogP contribution in [-0.4, -0.2) is 36.5 Å². The number of carbonyl (C=O) groups is 3. The average Bonchev–Trinajstić information content (AvgIpc) is 2.72. The summed E-state index contributed by atoms with van der Waals surface area (Å²) in [5.41, 5.74) is -0.208. The van der Waals surface area contributed by atoms with E-state index >= 15 is 0 Å². The van der Waals surface area contributed by atoms with Gasteiger partial charge in [0.15, 0.2) is 5.75 Å². The number of nitrogens with one attached hydrogen (secondary N) is 1. The van der Waals surface area contributed by atoms with Gasteiger partial charge in [0, 0.05) is 6.07 Å². The Bertz CT molecular complexity index is 1060. The number of ether oxygens (including phenoxy) is 2. The van der Waals surface area contributed by atoms with E-state index in [9.17, 15) is 24.5 Å². The number of hydrogen-bond acceptors (Lipinski definition) is 7. The molecule has 0 radical (unpaired) electrons. The van der Waals surface area contributed by atoms with Gasteiger partial charge in [-0.25, -0.2) is 9.69 Å². The van der Waals surface area contributed by atoms with Gasteiger partial charge in [0.25, 0.3) is 11.8 Å². The first-order valence-corrected chi connectivity index (χ1v) is 8.82. The zero-order valence-electron chi connectivity index (χ0n) is 16.1. The second-order valence-electron chi connectivity index (χ2n) is 6.07. The summed E-state index contributed by atoms with van der Waals surface area (Å²) in [7, 11) is 1.29. The summed E-state index contributed by atoms with van der Waals surface area (Å²) in [5, 5.41) is 13.3. The van der Waals surface area contributed by atoms with E-state index in [2.05, 4.69) is 5.32 Å². The molecule has 1 heterocycles. The molecule has 2 aromatic carbocycles. The van der Waals surface area contributed by atoms with Crippen molar-refractivity contribution in [2.75, 3.05) is 18.6 Å². The van der Waals surface area contributed by atoms with Crippen molar-refractivity contribution in [1.82, 2.24) is 5.32 Å². The fourth-order valence-electron chi connectivity index (χ4n) is 2.86. The van der Waals surface area contributed by atoms with Crippen LogP contribution in [0.2, 0.25) is 0 Å². The van der Waals surface area contributed by atoms with Crippen LogP contribution in [0, 0.1) is 10.1 Å².